The number of anilines is 1. The molecule has 0 bridgehead atoms. The highest BCUT2D eigenvalue weighted by atomic mass is 32.1. The summed E-state index contributed by atoms with van der Waals surface area (Å²) in [6.45, 7) is 0. The summed E-state index contributed by atoms with van der Waals surface area (Å²) in [5.41, 5.74) is 0.628. The van der Waals surface area contributed by atoms with Crippen molar-refractivity contribution in [2.24, 2.45) is 5.92 Å². The predicted molar refractivity (Wildman–Crippen MR) is 59.2 cm³/mol. The van der Waals surface area contributed by atoms with Crippen molar-refractivity contribution in [1.82, 2.24) is 4.98 Å². The summed E-state index contributed by atoms with van der Waals surface area (Å²) in [5, 5.41) is 5.03. The van der Waals surface area contributed by atoms with E-state index in [1.54, 1.807) is 5.38 Å². The summed E-state index contributed by atoms with van der Waals surface area (Å²) in [5.74, 6) is -0.141. The summed E-state index contributed by atoms with van der Waals surface area (Å²) < 4.78 is 4.53. The number of aromatic nitrogens is 1. The van der Waals surface area contributed by atoms with Crippen LogP contribution in [0, 0.1) is 5.92 Å². The van der Waals surface area contributed by atoms with Crippen molar-refractivity contribution in [2.75, 3.05) is 12.4 Å². The van der Waals surface area contributed by atoms with Crippen LogP contribution in [0.1, 0.15) is 18.5 Å². The number of hydrogen-bond donors (Lipinski definition) is 1. The van der Waals surface area contributed by atoms with Gasteiger partial charge in [0, 0.05) is 11.3 Å². The number of rotatable bonds is 4. The number of methoxy groups -OCH3 is 1. The highest BCUT2D eigenvalue weighted by Crippen LogP contribution is 2.30. The number of nitrogens with one attached hydrogen (secondary N) is 1. The zero-order chi connectivity index (χ0) is 11.5. The Kier molecular flexibility index (Phi) is 3.19. The maximum atomic E-state index is 11.4. The second kappa shape index (κ2) is 4.61. The summed E-state index contributed by atoms with van der Waals surface area (Å²) in [6, 6.07) is 0. The van der Waals surface area contributed by atoms with Gasteiger partial charge in [-0.2, -0.15) is 0 Å². The van der Waals surface area contributed by atoms with Gasteiger partial charge in [-0.3, -0.25) is 9.59 Å². The van der Waals surface area contributed by atoms with Crippen LogP contribution in [0.5, 0.6) is 0 Å². The molecule has 1 amide bonds. The number of ether oxygens (including phenoxy) is 1. The van der Waals surface area contributed by atoms with E-state index in [4.69, 9.17) is 0 Å². The monoisotopic (exact) mass is 240 g/mol. The molecular weight excluding hydrogens is 228 g/mol. The molecular formula is C10H12N2O3S. The molecule has 1 N–H and O–H groups in total. The number of esters is 1. The Balaban J connectivity index is 1.91. The zero-order valence-corrected chi connectivity index (χ0v) is 9.67. The van der Waals surface area contributed by atoms with Gasteiger partial charge in [0.25, 0.3) is 0 Å². The molecule has 1 fully saturated rings. The first kappa shape index (κ1) is 11.1. The first-order valence-corrected chi connectivity index (χ1v) is 5.89. The van der Waals surface area contributed by atoms with E-state index in [2.05, 4.69) is 15.0 Å². The number of carbonyl (C=O) groups is 2. The maximum absolute atomic E-state index is 11.4. The molecule has 1 heterocycles. The van der Waals surface area contributed by atoms with Crippen LogP contribution in [0.4, 0.5) is 5.13 Å². The van der Waals surface area contributed by atoms with Crippen LogP contribution in [-0.4, -0.2) is 24.0 Å². The Morgan fingerprint density at radius 2 is 2.38 bits per heavy atom. The Bertz CT molecular complexity index is 412. The van der Waals surface area contributed by atoms with Crippen LogP contribution < -0.4 is 5.32 Å². The molecule has 1 aromatic rings. The number of carbonyl (C=O) groups excluding carboxylic acids is 2. The van der Waals surface area contributed by atoms with Crippen LogP contribution >= 0.6 is 11.3 Å². The largest absolute Gasteiger partial charge is 0.469 e. The lowest BCUT2D eigenvalue weighted by molar-refractivity contribution is -0.139. The minimum Gasteiger partial charge on any atom is -0.469 e. The molecule has 1 saturated carbocycles. The molecule has 1 aliphatic carbocycles. The number of thiazole rings is 1. The first-order chi connectivity index (χ1) is 7.69. The van der Waals surface area contributed by atoms with Gasteiger partial charge in [-0.15, -0.1) is 11.3 Å². The second-order valence-electron chi connectivity index (χ2n) is 3.66. The van der Waals surface area contributed by atoms with Crippen LogP contribution in [0.15, 0.2) is 5.38 Å². The molecule has 0 spiro atoms. The molecule has 1 aromatic heterocycles. The van der Waals surface area contributed by atoms with Crippen molar-refractivity contribution < 1.29 is 14.3 Å². The van der Waals surface area contributed by atoms with E-state index in [1.807, 2.05) is 0 Å². The molecule has 0 radical (unpaired) electrons. The van der Waals surface area contributed by atoms with E-state index >= 15 is 0 Å². The lowest BCUT2D eigenvalue weighted by Gasteiger charge is -1.98. The van der Waals surface area contributed by atoms with Gasteiger partial charge in [0.2, 0.25) is 5.91 Å². The van der Waals surface area contributed by atoms with Crippen molar-refractivity contribution in [3.05, 3.63) is 11.1 Å². The SMILES string of the molecule is COC(=O)Cc1csc(NC(=O)C2CC2)n1. The van der Waals surface area contributed by atoms with E-state index < -0.39 is 0 Å². The maximum Gasteiger partial charge on any atom is 0.311 e. The topological polar surface area (TPSA) is 68.3 Å². The molecule has 16 heavy (non-hydrogen) atoms. The fraction of sp³-hybridized carbons (Fsp3) is 0.500. The Hall–Kier alpha value is -1.43. The average Bonchev–Trinajstić information content (AvgIpc) is 3.03. The third-order valence-electron chi connectivity index (χ3n) is 2.28. The quantitative estimate of drug-likeness (QED) is 0.803. The fourth-order valence-corrected chi connectivity index (χ4v) is 1.93. The Labute approximate surface area is 96.8 Å². The average molecular weight is 240 g/mol. The lowest BCUT2D eigenvalue weighted by Crippen LogP contribution is -2.13. The highest BCUT2D eigenvalue weighted by molar-refractivity contribution is 7.13. The van der Waals surface area contributed by atoms with Crippen LogP contribution in [0.25, 0.3) is 0 Å². The van der Waals surface area contributed by atoms with Crippen molar-refractivity contribution in [1.29, 1.82) is 0 Å². The molecule has 0 saturated heterocycles. The van der Waals surface area contributed by atoms with Gasteiger partial charge < -0.3 is 10.1 Å². The molecule has 2 rings (SSSR count). The summed E-state index contributed by atoms with van der Waals surface area (Å²) in [4.78, 5) is 26.5. The van der Waals surface area contributed by atoms with Crippen LogP contribution in [0.2, 0.25) is 0 Å². The van der Waals surface area contributed by atoms with Gasteiger partial charge in [0.1, 0.15) is 0 Å². The van der Waals surface area contributed by atoms with Crippen molar-refractivity contribution in [3.63, 3.8) is 0 Å². The third-order valence-corrected chi connectivity index (χ3v) is 3.09. The van der Waals surface area contributed by atoms with E-state index in [0.717, 1.165) is 12.8 Å². The highest BCUT2D eigenvalue weighted by Gasteiger charge is 2.30. The van der Waals surface area contributed by atoms with E-state index in [-0.39, 0.29) is 24.2 Å². The standard InChI is InChI=1S/C10H12N2O3S/c1-15-8(13)4-7-5-16-10(11-7)12-9(14)6-2-3-6/h5-6H,2-4H2,1H3,(H,11,12,14). The predicted octanol–water partition coefficient (Wildman–Crippen LogP) is 1.21. The van der Waals surface area contributed by atoms with Gasteiger partial charge in [-0.05, 0) is 12.8 Å². The molecule has 1 aliphatic rings. The van der Waals surface area contributed by atoms with Gasteiger partial charge in [0.05, 0.1) is 19.2 Å². The van der Waals surface area contributed by atoms with Gasteiger partial charge in [0.15, 0.2) is 5.13 Å². The Morgan fingerprint density at radius 1 is 1.62 bits per heavy atom. The molecule has 6 heteroatoms. The molecule has 86 valence electrons. The van der Waals surface area contributed by atoms with Crippen LogP contribution in [-0.2, 0) is 20.7 Å². The fourth-order valence-electron chi connectivity index (χ4n) is 1.22. The van der Waals surface area contributed by atoms with E-state index in [0.29, 0.717) is 10.8 Å². The molecule has 0 aromatic carbocycles. The lowest BCUT2D eigenvalue weighted by atomic mass is 10.3. The molecule has 5 nitrogen and oxygen atoms in total. The molecule has 0 atom stereocenters. The minimum atomic E-state index is -0.328. The Morgan fingerprint density at radius 3 is 3.00 bits per heavy atom. The summed E-state index contributed by atoms with van der Waals surface area (Å²) in [6.07, 6.45) is 2.07. The minimum absolute atomic E-state index is 0.0268. The van der Waals surface area contributed by atoms with Gasteiger partial charge in [-0.25, -0.2) is 4.98 Å². The van der Waals surface area contributed by atoms with Crippen molar-refractivity contribution >= 4 is 28.3 Å². The van der Waals surface area contributed by atoms with E-state index in [1.165, 1.54) is 18.4 Å². The summed E-state index contributed by atoms with van der Waals surface area (Å²) >= 11 is 1.32. The number of hydrogen-bond acceptors (Lipinski definition) is 5. The first-order valence-electron chi connectivity index (χ1n) is 5.01. The number of amides is 1. The summed E-state index contributed by atoms with van der Waals surface area (Å²) in [7, 11) is 1.34. The smallest absolute Gasteiger partial charge is 0.311 e. The third kappa shape index (κ3) is 2.79. The second-order valence-corrected chi connectivity index (χ2v) is 4.52. The normalized spacial score (nSPS) is 14.6. The van der Waals surface area contributed by atoms with Crippen molar-refractivity contribution in [3.8, 4) is 0 Å². The number of nitrogens with zero attached hydrogens (tertiary/aromatic N) is 1. The van der Waals surface area contributed by atoms with Crippen molar-refractivity contribution in [2.45, 2.75) is 19.3 Å². The zero-order valence-electron chi connectivity index (χ0n) is 8.86. The van der Waals surface area contributed by atoms with Gasteiger partial charge >= 0.3 is 5.97 Å². The van der Waals surface area contributed by atoms with E-state index in [9.17, 15) is 9.59 Å². The van der Waals surface area contributed by atoms with Crippen LogP contribution in [0.3, 0.4) is 0 Å². The molecule has 0 unspecified atom stereocenters. The molecule has 0 aliphatic heterocycles. The van der Waals surface area contributed by atoms with Gasteiger partial charge in [-0.1, -0.05) is 0 Å².